The van der Waals surface area contributed by atoms with E-state index in [1.54, 1.807) is 24.3 Å². The minimum absolute atomic E-state index is 0.256. The van der Waals surface area contributed by atoms with E-state index in [0.717, 1.165) is 0 Å². The van der Waals surface area contributed by atoms with Crippen LogP contribution in [-0.4, -0.2) is 62.8 Å². The molecule has 0 unspecified atom stereocenters. The molecule has 1 heterocycles. The highest BCUT2D eigenvalue weighted by molar-refractivity contribution is 5.32. The third kappa shape index (κ3) is 2.93. The van der Waals surface area contributed by atoms with Crippen molar-refractivity contribution in [2.24, 2.45) is 0 Å². The molecule has 1 aromatic rings. The number of aliphatic hydroxyl groups excluding tert-OH is 5. The molecule has 0 saturated carbocycles. The maximum absolute atomic E-state index is 9.84. The van der Waals surface area contributed by atoms with Crippen molar-refractivity contribution in [1.29, 1.82) is 0 Å². The Morgan fingerprint density at radius 1 is 1.00 bits per heavy atom. The van der Waals surface area contributed by atoms with Gasteiger partial charge in [0.05, 0.1) is 13.2 Å². The van der Waals surface area contributed by atoms with Gasteiger partial charge < -0.3 is 35.0 Å². The second kappa shape index (κ2) is 6.49. The average Bonchev–Trinajstić information content (AvgIpc) is 2.48. The number of rotatable bonds is 4. The maximum Gasteiger partial charge on any atom is 0.229 e. The molecule has 0 spiro atoms. The van der Waals surface area contributed by atoms with Gasteiger partial charge in [0.25, 0.3) is 0 Å². The molecule has 0 aromatic heterocycles. The third-order valence-electron chi connectivity index (χ3n) is 3.23. The summed E-state index contributed by atoms with van der Waals surface area (Å²) in [4.78, 5) is 0. The predicted octanol–water partition coefficient (Wildman–Crippen LogP) is -1.64. The smallest absolute Gasteiger partial charge is 0.229 e. The molecular formula is C13H18O7. The number of hydrogen-bond acceptors (Lipinski definition) is 7. The third-order valence-corrected chi connectivity index (χ3v) is 3.23. The summed E-state index contributed by atoms with van der Waals surface area (Å²) in [6.45, 7) is -0.778. The Morgan fingerprint density at radius 3 is 2.35 bits per heavy atom. The van der Waals surface area contributed by atoms with Crippen molar-refractivity contribution < 1.29 is 35.0 Å². The minimum atomic E-state index is -1.49. The molecule has 7 heteroatoms. The molecule has 7 nitrogen and oxygen atoms in total. The Bertz CT molecular complexity index is 436. The molecule has 5 N–H and O–H groups in total. The Morgan fingerprint density at radius 2 is 1.70 bits per heavy atom. The van der Waals surface area contributed by atoms with Crippen LogP contribution in [0.3, 0.4) is 0 Å². The lowest BCUT2D eigenvalue weighted by molar-refractivity contribution is -0.277. The van der Waals surface area contributed by atoms with E-state index in [2.05, 4.69) is 0 Å². The lowest BCUT2D eigenvalue weighted by Crippen LogP contribution is -2.60. The lowest BCUT2D eigenvalue weighted by atomic mass is 9.99. The first-order valence-corrected chi connectivity index (χ1v) is 6.24. The molecule has 0 aliphatic carbocycles. The van der Waals surface area contributed by atoms with E-state index in [4.69, 9.17) is 14.6 Å². The quantitative estimate of drug-likeness (QED) is 0.450. The van der Waals surface area contributed by atoms with Gasteiger partial charge in [0.2, 0.25) is 6.29 Å². The number of aliphatic hydroxyl groups is 5. The second-order valence-electron chi connectivity index (χ2n) is 4.58. The summed E-state index contributed by atoms with van der Waals surface area (Å²) < 4.78 is 10.6. The van der Waals surface area contributed by atoms with Crippen LogP contribution in [0.4, 0.5) is 0 Å². The van der Waals surface area contributed by atoms with Crippen molar-refractivity contribution >= 4 is 0 Å². The minimum Gasteiger partial charge on any atom is -0.462 e. The summed E-state index contributed by atoms with van der Waals surface area (Å²) in [7, 11) is 0. The number of para-hydroxylation sites is 1. The fourth-order valence-electron chi connectivity index (χ4n) is 2.04. The highest BCUT2D eigenvalue weighted by atomic mass is 16.7. The van der Waals surface area contributed by atoms with Crippen molar-refractivity contribution in [3.05, 3.63) is 29.8 Å². The van der Waals surface area contributed by atoms with E-state index >= 15 is 0 Å². The molecule has 0 amide bonds. The summed E-state index contributed by atoms with van der Waals surface area (Å²) in [5, 5.41) is 47.4. The monoisotopic (exact) mass is 286 g/mol. The molecule has 1 saturated heterocycles. The van der Waals surface area contributed by atoms with Gasteiger partial charge in [-0.3, -0.25) is 0 Å². The molecule has 0 radical (unpaired) electrons. The summed E-state index contributed by atoms with van der Waals surface area (Å²) in [5.74, 6) is 0.291. The molecule has 1 fully saturated rings. The van der Waals surface area contributed by atoms with Crippen molar-refractivity contribution in [2.45, 2.75) is 37.3 Å². The van der Waals surface area contributed by atoms with Gasteiger partial charge in [-0.1, -0.05) is 18.2 Å². The van der Waals surface area contributed by atoms with Gasteiger partial charge in [0, 0.05) is 5.56 Å². The van der Waals surface area contributed by atoms with E-state index in [0.29, 0.717) is 11.3 Å². The van der Waals surface area contributed by atoms with Gasteiger partial charge in [-0.15, -0.1) is 0 Å². The number of benzene rings is 1. The Balaban J connectivity index is 2.15. The Hall–Kier alpha value is -1.22. The first-order chi connectivity index (χ1) is 9.58. The standard InChI is InChI=1S/C13H18O7/c14-5-7-3-1-2-4-8(7)19-13-12(18)11(17)10(16)9(6-15)20-13/h1-4,9-18H,5-6H2/t9-,10+,11+,12+,13-/m0/s1. The first-order valence-electron chi connectivity index (χ1n) is 6.24. The van der Waals surface area contributed by atoms with Crippen LogP contribution < -0.4 is 4.74 Å². The van der Waals surface area contributed by atoms with Crippen molar-refractivity contribution in [3.63, 3.8) is 0 Å². The van der Waals surface area contributed by atoms with Crippen LogP contribution in [0.15, 0.2) is 24.3 Å². The molecule has 5 atom stereocenters. The first kappa shape index (κ1) is 15.2. The van der Waals surface area contributed by atoms with Crippen LogP contribution >= 0.6 is 0 Å². The second-order valence-corrected chi connectivity index (χ2v) is 4.58. The van der Waals surface area contributed by atoms with Gasteiger partial charge in [-0.2, -0.15) is 0 Å². The predicted molar refractivity (Wildman–Crippen MR) is 66.8 cm³/mol. The van der Waals surface area contributed by atoms with Crippen LogP contribution in [-0.2, 0) is 11.3 Å². The summed E-state index contributed by atoms with van der Waals surface area (Å²) in [6, 6.07) is 6.61. The van der Waals surface area contributed by atoms with Gasteiger partial charge in [0.1, 0.15) is 30.2 Å². The topological polar surface area (TPSA) is 120 Å². The summed E-state index contributed by atoms with van der Waals surface area (Å²) in [6.07, 6.45) is -6.67. The maximum atomic E-state index is 9.84. The summed E-state index contributed by atoms with van der Waals surface area (Å²) >= 11 is 0. The average molecular weight is 286 g/mol. The molecule has 1 aliphatic heterocycles. The molecule has 1 aromatic carbocycles. The zero-order valence-electron chi connectivity index (χ0n) is 10.7. The van der Waals surface area contributed by atoms with E-state index < -0.39 is 37.3 Å². The zero-order valence-corrected chi connectivity index (χ0v) is 10.7. The normalized spacial score (nSPS) is 34.0. The van der Waals surface area contributed by atoms with Gasteiger partial charge in [-0.25, -0.2) is 0 Å². The van der Waals surface area contributed by atoms with Crippen molar-refractivity contribution in [2.75, 3.05) is 6.61 Å². The highest BCUT2D eigenvalue weighted by Gasteiger charge is 2.44. The highest BCUT2D eigenvalue weighted by Crippen LogP contribution is 2.26. The van der Waals surface area contributed by atoms with Crippen LogP contribution in [0.2, 0.25) is 0 Å². The van der Waals surface area contributed by atoms with Gasteiger partial charge in [0.15, 0.2) is 0 Å². The van der Waals surface area contributed by atoms with E-state index in [1.165, 1.54) is 0 Å². The molecule has 0 bridgehead atoms. The van der Waals surface area contributed by atoms with E-state index in [-0.39, 0.29) is 6.61 Å². The fraction of sp³-hybridized carbons (Fsp3) is 0.538. The molecule has 1 aliphatic rings. The number of hydrogen-bond donors (Lipinski definition) is 5. The van der Waals surface area contributed by atoms with Crippen LogP contribution in [0, 0.1) is 0 Å². The Labute approximate surface area is 115 Å². The fourth-order valence-corrected chi connectivity index (χ4v) is 2.04. The zero-order chi connectivity index (χ0) is 14.7. The van der Waals surface area contributed by atoms with E-state index in [9.17, 15) is 20.4 Å². The molecule has 20 heavy (non-hydrogen) atoms. The largest absolute Gasteiger partial charge is 0.462 e. The molecular weight excluding hydrogens is 268 g/mol. The molecule has 112 valence electrons. The number of ether oxygens (including phenoxy) is 2. The van der Waals surface area contributed by atoms with Crippen LogP contribution in [0.25, 0.3) is 0 Å². The molecule has 2 rings (SSSR count). The van der Waals surface area contributed by atoms with Crippen molar-refractivity contribution in [1.82, 2.24) is 0 Å². The Kier molecular flexibility index (Phi) is 4.92. The van der Waals surface area contributed by atoms with Gasteiger partial charge in [-0.05, 0) is 6.07 Å². The van der Waals surface area contributed by atoms with Gasteiger partial charge >= 0.3 is 0 Å². The van der Waals surface area contributed by atoms with Crippen molar-refractivity contribution in [3.8, 4) is 5.75 Å². The summed E-state index contributed by atoms with van der Waals surface area (Å²) in [5.41, 5.74) is 0.490. The lowest BCUT2D eigenvalue weighted by Gasteiger charge is -2.39. The van der Waals surface area contributed by atoms with Crippen LogP contribution in [0.1, 0.15) is 5.56 Å². The van der Waals surface area contributed by atoms with Crippen LogP contribution in [0.5, 0.6) is 5.75 Å². The SMILES string of the molecule is OCc1ccccc1O[C@H]1O[C@@H](CO)[C@@H](O)[C@@H](O)[C@H]1O. The van der Waals surface area contributed by atoms with E-state index in [1.807, 2.05) is 0 Å².